The van der Waals surface area contributed by atoms with Crippen molar-refractivity contribution < 1.29 is 9.53 Å². The van der Waals surface area contributed by atoms with Gasteiger partial charge in [0.25, 0.3) is 0 Å². The van der Waals surface area contributed by atoms with Gasteiger partial charge >= 0.3 is 0 Å². The number of ether oxygens (including phenoxy) is 1. The molecule has 0 saturated carbocycles. The minimum atomic E-state index is 0.0125. The molecule has 94 valence electrons. The quantitative estimate of drug-likeness (QED) is 0.773. The van der Waals surface area contributed by atoms with Crippen molar-refractivity contribution in [3.8, 4) is 5.75 Å². The Morgan fingerprint density at radius 1 is 1.53 bits per heavy atom. The van der Waals surface area contributed by atoms with Crippen molar-refractivity contribution in [3.63, 3.8) is 0 Å². The molecule has 0 aliphatic heterocycles. The van der Waals surface area contributed by atoms with E-state index in [-0.39, 0.29) is 5.91 Å². The molecular weight excluding hydrogens is 216 g/mol. The minimum Gasteiger partial charge on any atom is -0.497 e. The molecule has 1 aromatic carbocycles. The smallest absolute Gasteiger partial charge is 0.224 e. The summed E-state index contributed by atoms with van der Waals surface area (Å²) in [5.74, 6) is 1.09. The Kier molecular flexibility index (Phi) is 5.49. The predicted octanol–water partition coefficient (Wildman–Crippen LogP) is 0.949. The van der Waals surface area contributed by atoms with Crippen LogP contribution < -0.4 is 15.8 Å². The summed E-state index contributed by atoms with van der Waals surface area (Å²) < 4.78 is 5.10. The SMILES string of the molecule is COc1cccc(CC(=O)NCC(C)CN)c1. The standard InChI is InChI=1S/C13H20N2O2/c1-10(8-14)9-15-13(16)7-11-4-3-5-12(6-11)17-2/h3-6,10H,7-9,14H2,1-2H3,(H,15,16). The van der Waals surface area contributed by atoms with Gasteiger partial charge in [0.15, 0.2) is 0 Å². The summed E-state index contributed by atoms with van der Waals surface area (Å²) in [6.45, 7) is 3.21. The van der Waals surface area contributed by atoms with Crippen LogP contribution in [0.25, 0.3) is 0 Å². The average Bonchev–Trinajstić information content (AvgIpc) is 2.36. The van der Waals surface area contributed by atoms with Crippen LogP contribution in [0, 0.1) is 5.92 Å². The largest absolute Gasteiger partial charge is 0.497 e. The lowest BCUT2D eigenvalue weighted by atomic mass is 10.1. The first-order valence-electron chi connectivity index (χ1n) is 5.75. The first-order chi connectivity index (χ1) is 8.15. The average molecular weight is 236 g/mol. The Hall–Kier alpha value is -1.55. The summed E-state index contributed by atoms with van der Waals surface area (Å²) in [5.41, 5.74) is 6.43. The Morgan fingerprint density at radius 2 is 2.29 bits per heavy atom. The number of carbonyl (C=O) groups is 1. The number of hydrogen-bond donors (Lipinski definition) is 2. The normalized spacial score (nSPS) is 11.9. The fourth-order valence-electron chi connectivity index (χ4n) is 1.40. The van der Waals surface area contributed by atoms with Gasteiger partial charge in [0.05, 0.1) is 13.5 Å². The van der Waals surface area contributed by atoms with Gasteiger partial charge in [-0.2, -0.15) is 0 Å². The second-order valence-corrected chi connectivity index (χ2v) is 4.17. The maximum absolute atomic E-state index is 11.6. The van der Waals surface area contributed by atoms with E-state index < -0.39 is 0 Å². The summed E-state index contributed by atoms with van der Waals surface area (Å²) in [5, 5.41) is 2.86. The van der Waals surface area contributed by atoms with Crippen molar-refractivity contribution in [1.82, 2.24) is 5.32 Å². The van der Waals surface area contributed by atoms with Crippen LogP contribution in [0.3, 0.4) is 0 Å². The third-order valence-corrected chi connectivity index (χ3v) is 2.55. The van der Waals surface area contributed by atoms with Gasteiger partial charge in [-0.15, -0.1) is 0 Å². The van der Waals surface area contributed by atoms with Crippen molar-refractivity contribution >= 4 is 5.91 Å². The summed E-state index contributed by atoms with van der Waals surface area (Å²) in [6, 6.07) is 7.52. The number of benzene rings is 1. The van der Waals surface area contributed by atoms with E-state index in [1.54, 1.807) is 7.11 Å². The van der Waals surface area contributed by atoms with Crippen LogP contribution in [0.15, 0.2) is 24.3 Å². The van der Waals surface area contributed by atoms with E-state index in [2.05, 4.69) is 5.32 Å². The molecule has 1 atom stereocenters. The Bertz CT molecular complexity index is 366. The molecule has 17 heavy (non-hydrogen) atoms. The fraction of sp³-hybridized carbons (Fsp3) is 0.462. The molecule has 0 saturated heterocycles. The highest BCUT2D eigenvalue weighted by Gasteiger charge is 2.05. The maximum Gasteiger partial charge on any atom is 0.224 e. The summed E-state index contributed by atoms with van der Waals surface area (Å²) in [4.78, 5) is 11.6. The van der Waals surface area contributed by atoms with Gasteiger partial charge in [0, 0.05) is 6.54 Å². The second kappa shape index (κ2) is 6.91. The number of methoxy groups -OCH3 is 1. The van der Waals surface area contributed by atoms with Crippen molar-refractivity contribution in [2.75, 3.05) is 20.2 Å². The molecule has 4 nitrogen and oxygen atoms in total. The number of amides is 1. The molecule has 0 spiro atoms. The Morgan fingerprint density at radius 3 is 2.94 bits per heavy atom. The van der Waals surface area contributed by atoms with E-state index in [9.17, 15) is 4.79 Å². The highest BCUT2D eigenvalue weighted by atomic mass is 16.5. The van der Waals surface area contributed by atoms with Crippen LogP contribution in [0.4, 0.5) is 0 Å². The molecule has 1 amide bonds. The lowest BCUT2D eigenvalue weighted by Gasteiger charge is -2.10. The summed E-state index contributed by atoms with van der Waals surface area (Å²) >= 11 is 0. The zero-order valence-corrected chi connectivity index (χ0v) is 10.4. The molecule has 0 aromatic heterocycles. The van der Waals surface area contributed by atoms with Gasteiger partial charge in [0.2, 0.25) is 5.91 Å². The summed E-state index contributed by atoms with van der Waals surface area (Å²) in [6.07, 6.45) is 0.370. The van der Waals surface area contributed by atoms with Crippen LogP contribution in [0.2, 0.25) is 0 Å². The number of rotatable bonds is 6. The lowest BCUT2D eigenvalue weighted by molar-refractivity contribution is -0.120. The second-order valence-electron chi connectivity index (χ2n) is 4.17. The van der Waals surface area contributed by atoms with Crippen molar-refractivity contribution in [2.24, 2.45) is 11.7 Å². The molecule has 1 rings (SSSR count). The molecule has 1 unspecified atom stereocenters. The maximum atomic E-state index is 11.6. The number of nitrogens with one attached hydrogen (secondary N) is 1. The van der Waals surface area contributed by atoms with Crippen molar-refractivity contribution in [3.05, 3.63) is 29.8 Å². The zero-order valence-electron chi connectivity index (χ0n) is 10.4. The van der Waals surface area contributed by atoms with Crippen LogP contribution in [-0.2, 0) is 11.2 Å². The highest BCUT2D eigenvalue weighted by molar-refractivity contribution is 5.78. The zero-order chi connectivity index (χ0) is 12.7. The van der Waals surface area contributed by atoms with Gasteiger partial charge in [-0.3, -0.25) is 4.79 Å². The summed E-state index contributed by atoms with van der Waals surface area (Å²) in [7, 11) is 1.61. The van der Waals surface area contributed by atoms with E-state index in [0.717, 1.165) is 11.3 Å². The molecule has 1 aromatic rings. The van der Waals surface area contributed by atoms with Crippen molar-refractivity contribution in [2.45, 2.75) is 13.3 Å². The molecule has 4 heteroatoms. The molecule has 0 aliphatic carbocycles. The van der Waals surface area contributed by atoms with E-state index >= 15 is 0 Å². The van der Waals surface area contributed by atoms with Crippen LogP contribution in [0.1, 0.15) is 12.5 Å². The molecule has 0 radical (unpaired) electrons. The van der Waals surface area contributed by atoms with Crippen LogP contribution in [-0.4, -0.2) is 26.1 Å². The lowest BCUT2D eigenvalue weighted by Crippen LogP contribution is -2.32. The molecule has 0 aliphatic rings. The topological polar surface area (TPSA) is 64.3 Å². The first-order valence-corrected chi connectivity index (χ1v) is 5.75. The molecule has 0 fully saturated rings. The molecule has 3 N–H and O–H groups in total. The Balaban J connectivity index is 2.44. The molecular formula is C13H20N2O2. The van der Waals surface area contributed by atoms with Crippen molar-refractivity contribution in [1.29, 1.82) is 0 Å². The highest BCUT2D eigenvalue weighted by Crippen LogP contribution is 2.12. The van der Waals surface area contributed by atoms with Gasteiger partial charge in [-0.25, -0.2) is 0 Å². The van der Waals surface area contributed by atoms with Crippen LogP contribution in [0.5, 0.6) is 5.75 Å². The number of nitrogens with two attached hydrogens (primary N) is 1. The molecule has 0 bridgehead atoms. The van der Waals surface area contributed by atoms with E-state index in [1.165, 1.54) is 0 Å². The fourth-order valence-corrected chi connectivity index (χ4v) is 1.40. The van der Waals surface area contributed by atoms with Gasteiger partial charge in [-0.05, 0) is 30.2 Å². The number of carbonyl (C=O) groups excluding carboxylic acids is 1. The molecule has 0 heterocycles. The monoisotopic (exact) mass is 236 g/mol. The van der Waals surface area contributed by atoms with Gasteiger partial charge in [-0.1, -0.05) is 19.1 Å². The van der Waals surface area contributed by atoms with E-state index in [0.29, 0.717) is 25.4 Å². The third kappa shape index (κ3) is 4.87. The predicted molar refractivity (Wildman–Crippen MR) is 67.9 cm³/mol. The van der Waals surface area contributed by atoms with Gasteiger partial charge in [0.1, 0.15) is 5.75 Å². The third-order valence-electron chi connectivity index (χ3n) is 2.55. The van der Waals surface area contributed by atoms with Gasteiger partial charge < -0.3 is 15.8 Å². The van der Waals surface area contributed by atoms with Crippen LogP contribution >= 0.6 is 0 Å². The van der Waals surface area contributed by atoms with E-state index in [1.807, 2.05) is 31.2 Å². The minimum absolute atomic E-state index is 0.0125. The van der Waals surface area contributed by atoms with E-state index in [4.69, 9.17) is 10.5 Å². The number of hydrogen-bond acceptors (Lipinski definition) is 3. The first kappa shape index (κ1) is 13.5. The Labute approximate surface area is 102 Å².